The van der Waals surface area contributed by atoms with Crippen LogP contribution in [0.4, 0.5) is 5.69 Å². The molecule has 2 aromatic rings. The van der Waals surface area contributed by atoms with Crippen LogP contribution in [0.15, 0.2) is 29.4 Å². The number of nitro groups is 1. The van der Waals surface area contributed by atoms with Crippen molar-refractivity contribution < 1.29 is 4.92 Å². The first-order valence-corrected chi connectivity index (χ1v) is 6.94. The topological polar surface area (TPSA) is 98.8 Å². The van der Waals surface area contributed by atoms with Crippen LogP contribution in [-0.2, 0) is 13.6 Å². The monoisotopic (exact) mass is 330 g/mol. The number of nitrogens with zero attached hydrogens (tertiary/aromatic N) is 5. The first-order valence-electron chi connectivity index (χ1n) is 5.96. The Bertz CT molecular complexity index is 576. The minimum Gasteiger partial charge on any atom is -0.312 e. The van der Waals surface area contributed by atoms with Crippen molar-refractivity contribution in [1.82, 2.24) is 25.5 Å². The first kappa shape index (κ1) is 17.3. The van der Waals surface area contributed by atoms with Crippen molar-refractivity contribution in [2.45, 2.75) is 11.7 Å². The van der Waals surface area contributed by atoms with E-state index in [0.29, 0.717) is 6.54 Å². The Kier molecular flexibility index (Phi) is 7.06. The van der Waals surface area contributed by atoms with E-state index >= 15 is 0 Å². The highest BCUT2D eigenvalue weighted by atomic mass is 35.5. The summed E-state index contributed by atoms with van der Waals surface area (Å²) in [5.41, 5.74) is 1.13. The number of non-ortho nitro benzene ring substituents is 1. The Balaban J connectivity index is 0.00000220. The molecule has 0 fully saturated rings. The van der Waals surface area contributed by atoms with E-state index in [-0.39, 0.29) is 18.1 Å². The fraction of sp³-hybridized carbons (Fsp3) is 0.364. The number of aromatic nitrogens is 4. The third-order valence-corrected chi connectivity index (χ3v) is 3.58. The molecule has 1 N–H and O–H groups in total. The number of tetrazole rings is 1. The summed E-state index contributed by atoms with van der Waals surface area (Å²) in [5.74, 6) is 0.848. The van der Waals surface area contributed by atoms with Gasteiger partial charge in [0.2, 0.25) is 5.16 Å². The molecule has 1 heterocycles. The maximum Gasteiger partial charge on any atom is 0.269 e. The van der Waals surface area contributed by atoms with Crippen LogP contribution in [0.5, 0.6) is 0 Å². The highest BCUT2D eigenvalue weighted by molar-refractivity contribution is 7.99. The summed E-state index contributed by atoms with van der Waals surface area (Å²) >= 11 is 1.57. The highest BCUT2D eigenvalue weighted by Gasteiger charge is 2.04. The van der Waals surface area contributed by atoms with Crippen LogP contribution in [0.1, 0.15) is 5.56 Å². The molecule has 0 atom stereocenters. The van der Waals surface area contributed by atoms with Gasteiger partial charge in [-0.1, -0.05) is 23.9 Å². The maximum absolute atomic E-state index is 10.5. The van der Waals surface area contributed by atoms with Crippen LogP contribution in [0, 0.1) is 10.1 Å². The Hall–Kier alpha value is -1.71. The molecule has 0 saturated carbocycles. The lowest BCUT2D eigenvalue weighted by Gasteiger charge is -2.04. The molecular formula is C11H15ClN6O2S. The van der Waals surface area contributed by atoms with Gasteiger partial charge < -0.3 is 5.32 Å². The van der Waals surface area contributed by atoms with Crippen molar-refractivity contribution in [1.29, 1.82) is 0 Å². The zero-order valence-electron chi connectivity index (χ0n) is 11.3. The fourth-order valence-electron chi connectivity index (χ4n) is 1.53. The Labute approximate surface area is 131 Å². The van der Waals surface area contributed by atoms with Gasteiger partial charge in [0.15, 0.2) is 0 Å². The number of rotatable bonds is 7. The summed E-state index contributed by atoms with van der Waals surface area (Å²) in [5, 5.41) is 25.7. The van der Waals surface area contributed by atoms with Crippen molar-refractivity contribution in [3.63, 3.8) is 0 Å². The minimum atomic E-state index is -0.400. The maximum atomic E-state index is 10.5. The molecule has 2 rings (SSSR count). The van der Waals surface area contributed by atoms with Crippen LogP contribution in [0.3, 0.4) is 0 Å². The van der Waals surface area contributed by atoms with E-state index in [1.165, 1.54) is 12.1 Å². The molecule has 0 spiro atoms. The summed E-state index contributed by atoms with van der Waals surface area (Å²) < 4.78 is 1.63. The molecule has 0 aliphatic rings. The molecule has 1 aromatic heterocycles. The van der Waals surface area contributed by atoms with Crippen molar-refractivity contribution in [3.05, 3.63) is 39.9 Å². The van der Waals surface area contributed by atoms with Gasteiger partial charge in [0.05, 0.1) is 4.92 Å². The lowest BCUT2D eigenvalue weighted by atomic mass is 10.2. The SMILES string of the molecule is Cl.Cn1nnnc1SCCNCc1ccc([N+](=O)[O-])cc1. The summed E-state index contributed by atoms with van der Waals surface area (Å²) in [7, 11) is 1.80. The van der Waals surface area contributed by atoms with E-state index in [4.69, 9.17) is 0 Å². The minimum absolute atomic E-state index is 0. The predicted octanol–water partition coefficient (Wildman–Crippen LogP) is 1.42. The van der Waals surface area contributed by atoms with Gasteiger partial charge in [-0.15, -0.1) is 17.5 Å². The molecule has 0 aliphatic carbocycles. The largest absolute Gasteiger partial charge is 0.312 e. The van der Waals surface area contributed by atoms with E-state index in [9.17, 15) is 10.1 Å². The number of thioether (sulfide) groups is 1. The van der Waals surface area contributed by atoms with Gasteiger partial charge in [-0.05, 0) is 16.0 Å². The van der Waals surface area contributed by atoms with Gasteiger partial charge in [-0.3, -0.25) is 10.1 Å². The van der Waals surface area contributed by atoms with Gasteiger partial charge in [0.25, 0.3) is 5.69 Å². The Morgan fingerprint density at radius 2 is 2.10 bits per heavy atom. The second kappa shape index (κ2) is 8.55. The second-order valence-corrected chi connectivity index (χ2v) is 5.10. The molecule has 0 unspecified atom stereocenters. The molecule has 0 bridgehead atoms. The number of halogens is 1. The van der Waals surface area contributed by atoms with Crippen molar-refractivity contribution in [2.75, 3.05) is 12.3 Å². The Morgan fingerprint density at radius 3 is 2.67 bits per heavy atom. The molecule has 8 nitrogen and oxygen atoms in total. The molecule has 0 radical (unpaired) electrons. The molecule has 1 aromatic carbocycles. The van der Waals surface area contributed by atoms with E-state index in [1.807, 2.05) is 0 Å². The van der Waals surface area contributed by atoms with Gasteiger partial charge >= 0.3 is 0 Å². The highest BCUT2D eigenvalue weighted by Crippen LogP contribution is 2.12. The van der Waals surface area contributed by atoms with Crippen molar-refractivity contribution in [2.24, 2.45) is 7.05 Å². The van der Waals surface area contributed by atoms with Gasteiger partial charge in [0.1, 0.15) is 0 Å². The zero-order valence-corrected chi connectivity index (χ0v) is 12.9. The molecule has 0 saturated heterocycles. The van der Waals surface area contributed by atoms with Crippen LogP contribution in [-0.4, -0.2) is 37.4 Å². The predicted molar refractivity (Wildman–Crippen MR) is 81.6 cm³/mol. The van der Waals surface area contributed by atoms with Gasteiger partial charge in [0, 0.05) is 38.0 Å². The van der Waals surface area contributed by atoms with Crippen molar-refractivity contribution in [3.8, 4) is 0 Å². The van der Waals surface area contributed by atoms with Crippen LogP contribution < -0.4 is 5.32 Å². The van der Waals surface area contributed by atoms with Crippen LogP contribution in [0.2, 0.25) is 0 Å². The van der Waals surface area contributed by atoms with Crippen LogP contribution in [0.25, 0.3) is 0 Å². The smallest absolute Gasteiger partial charge is 0.269 e. The average Bonchev–Trinajstić information content (AvgIpc) is 2.84. The van der Waals surface area contributed by atoms with Crippen LogP contribution >= 0.6 is 24.2 Å². The van der Waals surface area contributed by atoms with Gasteiger partial charge in [-0.2, -0.15) is 0 Å². The van der Waals surface area contributed by atoms with E-state index in [2.05, 4.69) is 20.8 Å². The number of hydrogen-bond donors (Lipinski definition) is 1. The molecule has 0 amide bonds. The molecular weight excluding hydrogens is 316 g/mol. The summed E-state index contributed by atoms with van der Waals surface area (Å²) in [4.78, 5) is 10.1. The summed E-state index contributed by atoms with van der Waals surface area (Å²) in [6.45, 7) is 1.48. The average molecular weight is 331 g/mol. The molecule has 0 aliphatic heterocycles. The normalized spacial score (nSPS) is 10.1. The number of nitrogens with one attached hydrogen (secondary N) is 1. The number of nitro benzene ring substituents is 1. The van der Waals surface area contributed by atoms with E-state index in [0.717, 1.165) is 23.0 Å². The third-order valence-electron chi connectivity index (χ3n) is 2.57. The zero-order chi connectivity index (χ0) is 14.4. The third kappa shape index (κ3) is 5.29. The summed E-state index contributed by atoms with van der Waals surface area (Å²) in [6, 6.07) is 6.53. The number of benzene rings is 1. The van der Waals surface area contributed by atoms with E-state index in [1.54, 1.807) is 35.6 Å². The molecule has 114 valence electrons. The second-order valence-electron chi connectivity index (χ2n) is 4.03. The molecule has 10 heteroatoms. The molecule has 21 heavy (non-hydrogen) atoms. The lowest BCUT2D eigenvalue weighted by Crippen LogP contribution is -2.16. The van der Waals surface area contributed by atoms with Gasteiger partial charge in [-0.25, -0.2) is 4.68 Å². The van der Waals surface area contributed by atoms with Crippen molar-refractivity contribution >= 4 is 29.9 Å². The lowest BCUT2D eigenvalue weighted by molar-refractivity contribution is -0.384. The Morgan fingerprint density at radius 1 is 1.38 bits per heavy atom. The standard InChI is InChI=1S/C11H14N6O2S.ClH/c1-16-11(13-14-15-16)20-7-6-12-8-9-2-4-10(5-3-9)17(18)19;/h2-5,12H,6-8H2,1H3;1H. The summed E-state index contributed by atoms with van der Waals surface area (Å²) in [6.07, 6.45) is 0. The number of hydrogen-bond acceptors (Lipinski definition) is 7. The number of aryl methyl sites for hydroxylation is 1. The van der Waals surface area contributed by atoms with E-state index < -0.39 is 4.92 Å². The first-order chi connectivity index (χ1) is 9.66. The quantitative estimate of drug-likeness (QED) is 0.355. The fourth-order valence-corrected chi connectivity index (χ4v) is 2.27.